The highest BCUT2D eigenvalue weighted by Crippen LogP contribution is 2.32. The average Bonchev–Trinajstić information content (AvgIpc) is 2.96. The van der Waals surface area contributed by atoms with E-state index in [4.69, 9.17) is 0 Å². The van der Waals surface area contributed by atoms with Gasteiger partial charge >= 0.3 is 6.18 Å². The number of hydrogen-bond donors (Lipinski definition) is 1. The Hall–Kier alpha value is -2.69. The second kappa shape index (κ2) is 8.58. The van der Waals surface area contributed by atoms with E-state index >= 15 is 0 Å². The van der Waals surface area contributed by atoms with Gasteiger partial charge in [0.1, 0.15) is 5.82 Å². The molecule has 0 radical (unpaired) electrons. The fourth-order valence-electron chi connectivity index (χ4n) is 3.20. The molecule has 30 heavy (non-hydrogen) atoms. The highest BCUT2D eigenvalue weighted by atomic mass is 32.2. The lowest BCUT2D eigenvalue weighted by Crippen LogP contribution is -2.29. The van der Waals surface area contributed by atoms with Crippen molar-refractivity contribution in [2.45, 2.75) is 36.8 Å². The molecule has 0 spiro atoms. The predicted octanol–water partition coefficient (Wildman–Crippen LogP) is 3.53. The van der Waals surface area contributed by atoms with E-state index in [9.17, 15) is 26.4 Å². The highest BCUT2D eigenvalue weighted by Gasteiger charge is 2.33. The van der Waals surface area contributed by atoms with Crippen molar-refractivity contribution in [1.29, 1.82) is 0 Å². The molecule has 11 heteroatoms. The van der Waals surface area contributed by atoms with Gasteiger partial charge in [0.2, 0.25) is 0 Å². The first kappa shape index (κ1) is 22.0. The van der Waals surface area contributed by atoms with Crippen LogP contribution in [0.5, 0.6) is 0 Å². The van der Waals surface area contributed by atoms with Crippen LogP contribution in [0, 0.1) is 0 Å². The number of sulfone groups is 1. The van der Waals surface area contributed by atoms with Crippen LogP contribution in [-0.2, 0) is 16.0 Å². The Balaban J connectivity index is 1.98. The van der Waals surface area contributed by atoms with E-state index in [0.717, 1.165) is 50.4 Å². The number of aromatic nitrogens is 2. The van der Waals surface area contributed by atoms with Crippen molar-refractivity contribution in [1.82, 2.24) is 9.97 Å². The summed E-state index contributed by atoms with van der Waals surface area (Å²) in [7, 11) is -3.56. The molecule has 1 aliphatic rings. The molecule has 0 saturated carbocycles. The Labute approximate surface area is 172 Å². The van der Waals surface area contributed by atoms with Gasteiger partial charge in [-0.25, -0.2) is 13.4 Å². The number of carbonyl (C=O) groups is 1. The van der Waals surface area contributed by atoms with E-state index in [1.54, 1.807) is 0 Å². The summed E-state index contributed by atoms with van der Waals surface area (Å²) < 4.78 is 63.0. The van der Waals surface area contributed by atoms with Crippen LogP contribution in [0.2, 0.25) is 0 Å². The number of hydrogen-bond acceptors (Lipinski definition) is 6. The summed E-state index contributed by atoms with van der Waals surface area (Å²) in [6.45, 7) is 1.17. The van der Waals surface area contributed by atoms with Gasteiger partial charge in [-0.2, -0.15) is 13.2 Å². The van der Waals surface area contributed by atoms with Crippen LogP contribution < -0.4 is 10.2 Å². The Bertz CT molecular complexity index is 1030. The van der Waals surface area contributed by atoms with Crippen LogP contribution in [0.25, 0.3) is 0 Å². The Morgan fingerprint density at radius 3 is 2.33 bits per heavy atom. The van der Waals surface area contributed by atoms with E-state index < -0.39 is 27.5 Å². The Morgan fingerprint density at radius 2 is 1.73 bits per heavy atom. The van der Waals surface area contributed by atoms with Crippen LogP contribution in [0.3, 0.4) is 0 Å². The summed E-state index contributed by atoms with van der Waals surface area (Å²) in [6, 6.07) is 1.98. The molecule has 0 atom stereocenters. The first-order valence-electron chi connectivity index (χ1n) is 9.34. The van der Waals surface area contributed by atoms with Gasteiger partial charge in [0.25, 0.3) is 5.91 Å². The highest BCUT2D eigenvalue weighted by molar-refractivity contribution is 7.90. The molecule has 3 rings (SSSR count). The monoisotopic (exact) mass is 442 g/mol. The van der Waals surface area contributed by atoms with Crippen LogP contribution >= 0.6 is 0 Å². The molecule has 0 aliphatic carbocycles. The third-order valence-electron chi connectivity index (χ3n) is 4.74. The van der Waals surface area contributed by atoms with Crippen molar-refractivity contribution in [2.75, 3.05) is 29.6 Å². The lowest BCUT2D eigenvalue weighted by atomic mass is 10.1. The van der Waals surface area contributed by atoms with Gasteiger partial charge in [0, 0.05) is 31.7 Å². The molecule has 0 aromatic carbocycles. The summed E-state index contributed by atoms with van der Waals surface area (Å²) in [4.78, 5) is 22.3. The minimum Gasteiger partial charge on any atom is -0.356 e. The van der Waals surface area contributed by atoms with Crippen LogP contribution in [-0.4, -0.2) is 43.6 Å². The van der Waals surface area contributed by atoms with Crippen molar-refractivity contribution in [3.63, 3.8) is 0 Å². The number of pyridine rings is 2. The molecule has 7 nitrogen and oxygen atoms in total. The van der Waals surface area contributed by atoms with Crippen LogP contribution in [0.15, 0.2) is 35.6 Å². The van der Waals surface area contributed by atoms with Gasteiger partial charge in [-0.15, -0.1) is 0 Å². The smallest absolute Gasteiger partial charge is 0.356 e. The second-order valence-corrected chi connectivity index (χ2v) is 9.15. The number of nitrogens with zero attached hydrogens (tertiary/aromatic N) is 3. The fourth-order valence-corrected chi connectivity index (χ4v) is 3.80. The maximum atomic E-state index is 13.2. The van der Waals surface area contributed by atoms with E-state index in [1.807, 2.05) is 4.90 Å². The molecule has 0 bridgehead atoms. The maximum absolute atomic E-state index is 13.2. The fraction of sp³-hybridized carbons (Fsp3) is 0.421. The Kier molecular flexibility index (Phi) is 6.30. The molecule has 0 unspecified atom stereocenters. The van der Waals surface area contributed by atoms with Gasteiger partial charge in [0.15, 0.2) is 9.84 Å². The molecule has 3 heterocycles. The van der Waals surface area contributed by atoms with E-state index in [1.165, 1.54) is 12.3 Å². The van der Waals surface area contributed by atoms with Gasteiger partial charge in [-0.3, -0.25) is 9.78 Å². The van der Waals surface area contributed by atoms with Crippen molar-refractivity contribution in [2.24, 2.45) is 0 Å². The van der Waals surface area contributed by atoms with Crippen molar-refractivity contribution in [3.05, 3.63) is 41.9 Å². The molecule has 2 aromatic rings. The van der Waals surface area contributed by atoms with Gasteiger partial charge < -0.3 is 10.2 Å². The quantitative estimate of drug-likeness (QED) is 0.779. The predicted molar refractivity (Wildman–Crippen MR) is 105 cm³/mol. The number of carbonyl (C=O) groups excluding carboxylic acids is 1. The van der Waals surface area contributed by atoms with Crippen molar-refractivity contribution < 1.29 is 26.4 Å². The third-order valence-corrected chi connectivity index (χ3v) is 5.82. The first-order valence-corrected chi connectivity index (χ1v) is 11.2. The number of alkyl halides is 3. The number of rotatable bonds is 4. The minimum atomic E-state index is -4.66. The van der Waals surface area contributed by atoms with E-state index in [2.05, 4.69) is 15.3 Å². The number of halogens is 3. The summed E-state index contributed by atoms with van der Waals surface area (Å²) in [5, 5.41) is 2.44. The molecular weight excluding hydrogens is 421 g/mol. The summed E-state index contributed by atoms with van der Waals surface area (Å²) in [5.74, 6) is -0.644. The van der Waals surface area contributed by atoms with E-state index in [0.29, 0.717) is 13.1 Å². The lowest BCUT2D eigenvalue weighted by molar-refractivity contribution is -0.137. The topological polar surface area (TPSA) is 92.3 Å². The molecule has 1 aliphatic heterocycles. The number of nitrogens with one attached hydrogen (secondary N) is 1. The first-order chi connectivity index (χ1) is 14.1. The second-order valence-electron chi connectivity index (χ2n) is 7.13. The van der Waals surface area contributed by atoms with Crippen LogP contribution in [0.4, 0.5) is 24.7 Å². The Morgan fingerprint density at radius 1 is 1.07 bits per heavy atom. The normalized spacial score (nSPS) is 15.5. The van der Waals surface area contributed by atoms with Crippen molar-refractivity contribution in [3.8, 4) is 0 Å². The summed E-state index contributed by atoms with van der Waals surface area (Å²) in [5.41, 5.74) is -1.20. The largest absolute Gasteiger partial charge is 0.417 e. The zero-order valence-electron chi connectivity index (χ0n) is 16.2. The molecule has 1 saturated heterocycles. The SMILES string of the molecule is CS(=O)(=O)c1cncc(NC(=O)c2cc(C(F)(F)F)cnc2N2CCCCCC2)c1. The van der Waals surface area contributed by atoms with Gasteiger partial charge in [-0.05, 0) is 25.0 Å². The van der Waals surface area contributed by atoms with E-state index in [-0.39, 0.29) is 22.0 Å². The number of amides is 1. The zero-order valence-corrected chi connectivity index (χ0v) is 17.1. The summed E-state index contributed by atoms with van der Waals surface area (Å²) >= 11 is 0. The lowest BCUT2D eigenvalue weighted by Gasteiger charge is -2.24. The van der Waals surface area contributed by atoms with Crippen LogP contribution in [0.1, 0.15) is 41.6 Å². The third kappa shape index (κ3) is 5.26. The minimum absolute atomic E-state index is 0.0575. The molecule has 2 aromatic heterocycles. The molecular formula is C19H21F3N4O3S. The van der Waals surface area contributed by atoms with Gasteiger partial charge in [-0.1, -0.05) is 12.8 Å². The molecule has 1 fully saturated rings. The summed E-state index contributed by atoms with van der Waals surface area (Å²) in [6.07, 6.45) is 3.11. The van der Waals surface area contributed by atoms with Crippen molar-refractivity contribution >= 4 is 27.2 Å². The van der Waals surface area contributed by atoms with Gasteiger partial charge in [0.05, 0.1) is 27.9 Å². The number of anilines is 2. The molecule has 1 N–H and O–H groups in total. The average molecular weight is 442 g/mol. The molecule has 162 valence electrons. The zero-order chi connectivity index (χ0) is 21.9. The standard InChI is InChI=1S/C19H21F3N4O3S/c1-30(28,29)15-9-14(11-23-12-15)25-18(27)16-8-13(19(20,21)22)10-24-17(16)26-6-4-2-3-5-7-26/h8-12H,2-7H2,1H3,(H,25,27). The maximum Gasteiger partial charge on any atom is 0.417 e. The molecule has 1 amide bonds.